The Labute approximate surface area is 187 Å². The first kappa shape index (κ1) is 21.4. The predicted octanol–water partition coefficient (Wildman–Crippen LogP) is 3.69. The molecule has 2 amide bonds. The first-order chi connectivity index (χ1) is 15.6. The van der Waals surface area contributed by atoms with Crippen LogP contribution >= 0.6 is 0 Å². The van der Waals surface area contributed by atoms with E-state index >= 15 is 0 Å². The number of fused-ring (bicyclic) bond motifs is 1. The maximum absolute atomic E-state index is 13.3. The van der Waals surface area contributed by atoms with Gasteiger partial charge in [-0.15, -0.1) is 0 Å². The van der Waals surface area contributed by atoms with Gasteiger partial charge in [-0.2, -0.15) is 0 Å². The fraction of sp³-hybridized carbons (Fsp3) is 0.231. The highest BCUT2D eigenvalue weighted by Gasteiger charge is 2.28. The number of carbonyl (C=O) groups is 2. The van der Waals surface area contributed by atoms with Gasteiger partial charge < -0.3 is 19.7 Å². The van der Waals surface area contributed by atoms with Crippen molar-refractivity contribution in [1.82, 2.24) is 10.2 Å². The van der Waals surface area contributed by atoms with Crippen molar-refractivity contribution in [3.63, 3.8) is 0 Å². The fourth-order valence-electron chi connectivity index (χ4n) is 3.76. The highest BCUT2D eigenvalue weighted by atomic mass is 16.7. The molecule has 1 atom stereocenters. The summed E-state index contributed by atoms with van der Waals surface area (Å²) in [5.74, 6) is 1.03. The standard InChI is InChI=1S/C26H26N2O4/c1-19(29)28(17-21-10-6-3-7-11-21)23(14-20-8-4-2-5-9-20)26(30)27-16-22-12-13-24-25(15-22)32-18-31-24/h2-13,15,23H,14,16-18H2,1H3,(H,27,30). The van der Waals surface area contributed by atoms with Crippen LogP contribution in [-0.2, 0) is 29.1 Å². The summed E-state index contributed by atoms with van der Waals surface area (Å²) in [4.78, 5) is 27.6. The average molecular weight is 431 g/mol. The van der Waals surface area contributed by atoms with Gasteiger partial charge in [0.2, 0.25) is 18.6 Å². The number of amides is 2. The number of hydrogen-bond donors (Lipinski definition) is 1. The zero-order valence-corrected chi connectivity index (χ0v) is 18.0. The van der Waals surface area contributed by atoms with Gasteiger partial charge in [0.05, 0.1) is 0 Å². The molecule has 6 heteroatoms. The summed E-state index contributed by atoms with van der Waals surface area (Å²) in [6, 6.07) is 24.4. The molecule has 1 N–H and O–H groups in total. The first-order valence-electron chi connectivity index (χ1n) is 10.6. The van der Waals surface area contributed by atoms with E-state index in [9.17, 15) is 9.59 Å². The molecule has 3 aromatic rings. The van der Waals surface area contributed by atoms with Crippen LogP contribution in [0.25, 0.3) is 0 Å². The summed E-state index contributed by atoms with van der Waals surface area (Å²) in [5.41, 5.74) is 2.87. The van der Waals surface area contributed by atoms with Crippen LogP contribution in [0.2, 0.25) is 0 Å². The van der Waals surface area contributed by atoms with Crippen molar-refractivity contribution in [1.29, 1.82) is 0 Å². The Morgan fingerprint density at radius 2 is 1.53 bits per heavy atom. The van der Waals surface area contributed by atoms with Crippen molar-refractivity contribution in [2.24, 2.45) is 0 Å². The molecule has 1 aliphatic rings. The molecule has 1 aliphatic heterocycles. The number of ether oxygens (including phenoxy) is 2. The SMILES string of the molecule is CC(=O)N(Cc1ccccc1)C(Cc1ccccc1)C(=O)NCc1ccc2c(c1)OCO2. The predicted molar refractivity (Wildman–Crippen MR) is 121 cm³/mol. The van der Waals surface area contributed by atoms with Crippen molar-refractivity contribution in [3.8, 4) is 11.5 Å². The van der Waals surface area contributed by atoms with Gasteiger partial charge in [-0.1, -0.05) is 66.7 Å². The zero-order chi connectivity index (χ0) is 22.3. The van der Waals surface area contributed by atoms with Crippen LogP contribution in [0.3, 0.4) is 0 Å². The first-order valence-corrected chi connectivity index (χ1v) is 10.6. The molecule has 0 saturated heterocycles. The second-order valence-corrected chi connectivity index (χ2v) is 7.74. The Morgan fingerprint density at radius 1 is 0.875 bits per heavy atom. The summed E-state index contributed by atoms with van der Waals surface area (Å²) in [5, 5.41) is 3.00. The van der Waals surface area contributed by atoms with Crippen LogP contribution < -0.4 is 14.8 Å². The molecule has 0 aliphatic carbocycles. The summed E-state index contributed by atoms with van der Waals surface area (Å²) in [7, 11) is 0. The summed E-state index contributed by atoms with van der Waals surface area (Å²) >= 11 is 0. The van der Waals surface area contributed by atoms with E-state index in [2.05, 4.69) is 5.32 Å². The topological polar surface area (TPSA) is 67.9 Å². The molecule has 0 bridgehead atoms. The molecule has 3 aromatic carbocycles. The van der Waals surface area contributed by atoms with Crippen LogP contribution in [0, 0.1) is 0 Å². The lowest BCUT2D eigenvalue weighted by molar-refractivity contribution is -0.139. The second kappa shape index (κ2) is 10.0. The van der Waals surface area contributed by atoms with E-state index < -0.39 is 6.04 Å². The third kappa shape index (κ3) is 5.27. The number of benzene rings is 3. The van der Waals surface area contributed by atoms with E-state index in [1.165, 1.54) is 6.92 Å². The fourth-order valence-corrected chi connectivity index (χ4v) is 3.76. The van der Waals surface area contributed by atoms with Crippen LogP contribution in [0.4, 0.5) is 0 Å². The number of hydrogen-bond acceptors (Lipinski definition) is 4. The Hall–Kier alpha value is -3.80. The van der Waals surface area contributed by atoms with Crippen molar-refractivity contribution < 1.29 is 19.1 Å². The van der Waals surface area contributed by atoms with Gasteiger partial charge in [-0.05, 0) is 28.8 Å². The van der Waals surface area contributed by atoms with Crippen LogP contribution in [-0.4, -0.2) is 29.5 Å². The number of nitrogens with one attached hydrogen (secondary N) is 1. The Bertz CT molecular complexity index is 1070. The maximum Gasteiger partial charge on any atom is 0.243 e. The molecule has 0 radical (unpaired) electrons. The third-order valence-electron chi connectivity index (χ3n) is 5.45. The minimum absolute atomic E-state index is 0.145. The Balaban J connectivity index is 1.53. The highest BCUT2D eigenvalue weighted by Crippen LogP contribution is 2.32. The lowest BCUT2D eigenvalue weighted by atomic mass is 10.0. The average Bonchev–Trinajstić information content (AvgIpc) is 3.29. The van der Waals surface area contributed by atoms with E-state index in [-0.39, 0.29) is 18.6 Å². The molecule has 6 nitrogen and oxygen atoms in total. The molecular weight excluding hydrogens is 404 g/mol. The van der Waals surface area contributed by atoms with E-state index in [1.807, 2.05) is 78.9 Å². The summed E-state index contributed by atoms with van der Waals surface area (Å²) in [6.07, 6.45) is 0.431. The molecule has 164 valence electrons. The van der Waals surface area contributed by atoms with E-state index in [4.69, 9.17) is 9.47 Å². The van der Waals surface area contributed by atoms with Gasteiger partial charge >= 0.3 is 0 Å². The summed E-state index contributed by atoms with van der Waals surface area (Å²) in [6.45, 7) is 2.41. The van der Waals surface area contributed by atoms with Crippen LogP contribution in [0.15, 0.2) is 78.9 Å². The van der Waals surface area contributed by atoms with Crippen LogP contribution in [0.5, 0.6) is 11.5 Å². The molecule has 32 heavy (non-hydrogen) atoms. The molecule has 0 spiro atoms. The minimum Gasteiger partial charge on any atom is -0.454 e. The molecule has 1 unspecified atom stereocenters. The monoisotopic (exact) mass is 430 g/mol. The normalized spacial score (nSPS) is 12.8. The van der Waals surface area contributed by atoms with Crippen molar-refractivity contribution in [2.75, 3.05) is 6.79 Å². The quantitative estimate of drug-likeness (QED) is 0.592. The molecule has 0 fully saturated rings. The van der Waals surface area contributed by atoms with Crippen molar-refractivity contribution in [3.05, 3.63) is 95.6 Å². The van der Waals surface area contributed by atoms with Gasteiger partial charge in [-0.3, -0.25) is 9.59 Å². The molecule has 1 heterocycles. The molecular formula is C26H26N2O4. The maximum atomic E-state index is 13.3. The van der Waals surface area contributed by atoms with E-state index in [1.54, 1.807) is 4.90 Å². The highest BCUT2D eigenvalue weighted by molar-refractivity contribution is 5.87. The molecule has 0 aromatic heterocycles. The third-order valence-corrected chi connectivity index (χ3v) is 5.45. The number of carbonyl (C=O) groups excluding carboxylic acids is 2. The molecule has 4 rings (SSSR count). The minimum atomic E-state index is -0.635. The van der Waals surface area contributed by atoms with Crippen molar-refractivity contribution in [2.45, 2.75) is 32.5 Å². The van der Waals surface area contributed by atoms with Gasteiger partial charge in [0.25, 0.3) is 0 Å². The van der Waals surface area contributed by atoms with Crippen molar-refractivity contribution >= 4 is 11.8 Å². The lowest BCUT2D eigenvalue weighted by Crippen LogP contribution is -2.49. The smallest absolute Gasteiger partial charge is 0.243 e. The Morgan fingerprint density at radius 3 is 2.22 bits per heavy atom. The zero-order valence-electron chi connectivity index (χ0n) is 18.0. The van der Waals surface area contributed by atoms with E-state index in [0.29, 0.717) is 31.0 Å². The van der Waals surface area contributed by atoms with Crippen LogP contribution in [0.1, 0.15) is 23.6 Å². The lowest BCUT2D eigenvalue weighted by Gasteiger charge is -2.30. The number of nitrogens with zero attached hydrogens (tertiary/aromatic N) is 1. The molecule has 0 saturated carbocycles. The van der Waals surface area contributed by atoms with Gasteiger partial charge in [0.1, 0.15) is 6.04 Å². The van der Waals surface area contributed by atoms with Gasteiger partial charge in [0.15, 0.2) is 11.5 Å². The second-order valence-electron chi connectivity index (χ2n) is 7.74. The van der Waals surface area contributed by atoms with E-state index in [0.717, 1.165) is 16.7 Å². The van der Waals surface area contributed by atoms with Gasteiger partial charge in [-0.25, -0.2) is 0 Å². The number of rotatable bonds is 8. The summed E-state index contributed by atoms with van der Waals surface area (Å²) < 4.78 is 10.8. The Kier molecular flexibility index (Phi) is 6.70. The largest absolute Gasteiger partial charge is 0.454 e. The van der Waals surface area contributed by atoms with Gasteiger partial charge in [0, 0.05) is 26.4 Å².